The third-order valence-electron chi connectivity index (χ3n) is 5.32. The lowest BCUT2D eigenvalue weighted by atomic mass is 9.97. The van der Waals surface area contributed by atoms with Crippen molar-refractivity contribution in [3.05, 3.63) is 53.1 Å². The number of methoxy groups -OCH3 is 1. The number of benzene rings is 2. The van der Waals surface area contributed by atoms with Gasteiger partial charge in [0, 0.05) is 24.7 Å². The lowest BCUT2D eigenvalue weighted by Gasteiger charge is -2.30. The first-order chi connectivity index (χ1) is 13.7. The molecule has 6 nitrogen and oxygen atoms in total. The Morgan fingerprint density at radius 1 is 1.03 bits per heavy atom. The molecule has 1 heterocycles. The van der Waals surface area contributed by atoms with E-state index in [0.717, 1.165) is 22.4 Å². The molecular weight excluding hydrogens is 388 g/mol. The number of nitrogens with one attached hydrogen (secondary N) is 1. The summed E-state index contributed by atoms with van der Waals surface area (Å²) in [4.78, 5) is 12.9. The molecule has 0 saturated carbocycles. The molecular formula is C22H28N2O4S. The number of ether oxygens (including phenoxy) is 1. The van der Waals surface area contributed by atoms with Gasteiger partial charge < -0.3 is 10.1 Å². The van der Waals surface area contributed by atoms with Gasteiger partial charge in [-0.1, -0.05) is 6.07 Å². The van der Waals surface area contributed by atoms with Crippen LogP contribution in [0.25, 0.3) is 0 Å². The van der Waals surface area contributed by atoms with E-state index < -0.39 is 10.0 Å². The van der Waals surface area contributed by atoms with Crippen LogP contribution >= 0.6 is 0 Å². The van der Waals surface area contributed by atoms with Gasteiger partial charge in [-0.3, -0.25) is 4.79 Å². The van der Waals surface area contributed by atoms with Crippen molar-refractivity contribution in [2.24, 2.45) is 5.92 Å². The van der Waals surface area contributed by atoms with E-state index in [4.69, 9.17) is 4.74 Å². The molecule has 1 fully saturated rings. The van der Waals surface area contributed by atoms with Crippen molar-refractivity contribution in [1.29, 1.82) is 0 Å². The minimum absolute atomic E-state index is 0.0488. The minimum atomic E-state index is -3.58. The fourth-order valence-electron chi connectivity index (χ4n) is 3.81. The SMILES string of the molecule is COc1ccc(S(=O)(=O)N2CCC(C(=O)Nc3cc(C)cc(C)c3)CC2)cc1C. The Kier molecular flexibility index (Phi) is 6.29. The van der Waals surface area contributed by atoms with Crippen LogP contribution in [0.5, 0.6) is 5.75 Å². The molecule has 1 aliphatic rings. The Morgan fingerprint density at radius 3 is 2.21 bits per heavy atom. The van der Waals surface area contributed by atoms with Crippen molar-refractivity contribution in [2.45, 2.75) is 38.5 Å². The van der Waals surface area contributed by atoms with Gasteiger partial charge in [0.25, 0.3) is 0 Å². The van der Waals surface area contributed by atoms with Crippen molar-refractivity contribution in [3.63, 3.8) is 0 Å². The maximum atomic E-state index is 13.0. The number of hydrogen-bond donors (Lipinski definition) is 1. The van der Waals surface area contributed by atoms with Crippen LogP contribution in [0.4, 0.5) is 5.69 Å². The maximum Gasteiger partial charge on any atom is 0.243 e. The molecule has 0 bridgehead atoms. The Hall–Kier alpha value is -2.38. The number of carbonyl (C=O) groups excluding carboxylic acids is 1. The normalized spacial score (nSPS) is 15.9. The third kappa shape index (κ3) is 4.79. The van der Waals surface area contributed by atoms with Gasteiger partial charge in [0.2, 0.25) is 15.9 Å². The second kappa shape index (κ2) is 8.55. The van der Waals surface area contributed by atoms with Gasteiger partial charge in [-0.25, -0.2) is 8.42 Å². The lowest BCUT2D eigenvalue weighted by Crippen LogP contribution is -2.41. The molecule has 1 N–H and O–H groups in total. The number of nitrogens with zero attached hydrogens (tertiary/aromatic N) is 1. The number of amides is 1. The van der Waals surface area contributed by atoms with Crippen molar-refractivity contribution < 1.29 is 17.9 Å². The molecule has 1 amide bonds. The largest absolute Gasteiger partial charge is 0.496 e. The highest BCUT2D eigenvalue weighted by atomic mass is 32.2. The van der Waals surface area contributed by atoms with E-state index in [1.165, 1.54) is 4.31 Å². The molecule has 156 valence electrons. The summed E-state index contributed by atoms with van der Waals surface area (Å²) in [5, 5.41) is 2.98. The minimum Gasteiger partial charge on any atom is -0.496 e. The molecule has 29 heavy (non-hydrogen) atoms. The van der Waals surface area contributed by atoms with Crippen LogP contribution in [0.3, 0.4) is 0 Å². The van der Waals surface area contributed by atoms with Crippen LogP contribution in [0.15, 0.2) is 41.3 Å². The van der Waals surface area contributed by atoms with Crippen LogP contribution in [0.2, 0.25) is 0 Å². The average molecular weight is 417 g/mol. The number of hydrogen-bond acceptors (Lipinski definition) is 4. The molecule has 3 rings (SSSR count). The molecule has 0 atom stereocenters. The highest BCUT2D eigenvalue weighted by Gasteiger charge is 2.32. The zero-order chi connectivity index (χ0) is 21.2. The number of carbonyl (C=O) groups is 1. The van der Waals surface area contributed by atoms with E-state index in [1.54, 1.807) is 25.3 Å². The summed E-state index contributed by atoms with van der Waals surface area (Å²) in [7, 11) is -2.02. The lowest BCUT2D eigenvalue weighted by molar-refractivity contribution is -0.120. The molecule has 0 aromatic heterocycles. The molecule has 0 unspecified atom stereocenters. The number of piperidine rings is 1. The molecule has 2 aromatic carbocycles. The average Bonchev–Trinajstić information content (AvgIpc) is 2.67. The fourth-order valence-corrected chi connectivity index (χ4v) is 5.37. The molecule has 0 spiro atoms. The fraction of sp³-hybridized carbons (Fsp3) is 0.409. The Bertz CT molecular complexity index is 989. The third-order valence-corrected chi connectivity index (χ3v) is 7.21. The topological polar surface area (TPSA) is 75.7 Å². The van der Waals surface area contributed by atoms with Crippen LogP contribution < -0.4 is 10.1 Å². The molecule has 1 aliphatic heterocycles. The van der Waals surface area contributed by atoms with Crippen LogP contribution in [-0.2, 0) is 14.8 Å². The highest BCUT2D eigenvalue weighted by Crippen LogP contribution is 2.28. The first-order valence-electron chi connectivity index (χ1n) is 9.74. The number of rotatable bonds is 5. The van der Waals surface area contributed by atoms with Gasteiger partial charge in [-0.05, 0) is 80.6 Å². The monoisotopic (exact) mass is 416 g/mol. The summed E-state index contributed by atoms with van der Waals surface area (Å²) in [6.45, 7) is 6.47. The van der Waals surface area contributed by atoms with E-state index in [9.17, 15) is 13.2 Å². The van der Waals surface area contributed by atoms with E-state index in [-0.39, 0.29) is 16.7 Å². The quantitative estimate of drug-likeness (QED) is 0.807. The Balaban J connectivity index is 1.64. The van der Waals surface area contributed by atoms with E-state index in [1.807, 2.05) is 32.9 Å². The predicted octanol–water partition coefficient (Wildman–Crippen LogP) is 3.66. The summed E-state index contributed by atoms with van der Waals surface area (Å²) < 4.78 is 32.6. The molecule has 1 saturated heterocycles. The van der Waals surface area contributed by atoms with Gasteiger partial charge in [-0.2, -0.15) is 4.31 Å². The standard InChI is InChI=1S/C22H28N2O4S/c1-15-11-16(2)13-19(12-15)23-22(25)18-7-9-24(10-8-18)29(26,27)20-5-6-21(28-4)17(3)14-20/h5-6,11-14,18H,7-10H2,1-4H3,(H,23,25). The summed E-state index contributed by atoms with van der Waals surface area (Å²) in [5.41, 5.74) is 3.75. The molecule has 7 heteroatoms. The van der Waals surface area contributed by atoms with E-state index in [2.05, 4.69) is 11.4 Å². The van der Waals surface area contributed by atoms with Gasteiger partial charge in [0.1, 0.15) is 5.75 Å². The van der Waals surface area contributed by atoms with Crippen LogP contribution in [0, 0.1) is 26.7 Å². The zero-order valence-corrected chi connectivity index (χ0v) is 18.2. The van der Waals surface area contributed by atoms with E-state index >= 15 is 0 Å². The van der Waals surface area contributed by atoms with Gasteiger partial charge in [0.05, 0.1) is 12.0 Å². The van der Waals surface area contributed by atoms with Crippen LogP contribution in [0.1, 0.15) is 29.5 Å². The summed E-state index contributed by atoms with van der Waals surface area (Å²) >= 11 is 0. The predicted molar refractivity (Wildman–Crippen MR) is 114 cm³/mol. The van der Waals surface area contributed by atoms with Crippen molar-refractivity contribution in [1.82, 2.24) is 4.31 Å². The smallest absolute Gasteiger partial charge is 0.243 e. The molecule has 2 aromatic rings. The maximum absolute atomic E-state index is 13.0. The van der Waals surface area contributed by atoms with Crippen LogP contribution in [-0.4, -0.2) is 38.8 Å². The first kappa shape index (κ1) is 21.3. The number of sulfonamides is 1. The highest BCUT2D eigenvalue weighted by molar-refractivity contribution is 7.89. The summed E-state index contributed by atoms with van der Waals surface area (Å²) in [5.74, 6) is 0.415. The Labute approximate surface area is 172 Å². The number of aryl methyl sites for hydroxylation is 3. The summed E-state index contributed by atoms with van der Waals surface area (Å²) in [6.07, 6.45) is 1.01. The van der Waals surface area contributed by atoms with E-state index in [0.29, 0.717) is 31.7 Å². The van der Waals surface area contributed by atoms with Crippen molar-refractivity contribution >= 4 is 21.6 Å². The summed E-state index contributed by atoms with van der Waals surface area (Å²) in [6, 6.07) is 10.8. The van der Waals surface area contributed by atoms with Gasteiger partial charge >= 0.3 is 0 Å². The second-order valence-corrected chi connectivity index (χ2v) is 9.61. The number of anilines is 1. The zero-order valence-electron chi connectivity index (χ0n) is 17.4. The van der Waals surface area contributed by atoms with Crippen molar-refractivity contribution in [3.8, 4) is 5.75 Å². The van der Waals surface area contributed by atoms with Gasteiger partial charge in [-0.15, -0.1) is 0 Å². The second-order valence-electron chi connectivity index (χ2n) is 7.68. The first-order valence-corrected chi connectivity index (χ1v) is 11.2. The Morgan fingerprint density at radius 2 is 1.66 bits per heavy atom. The molecule has 0 aliphatic carbocycles. The van der Waals surface area contributed by atoms with Gasteiger partial charge in [0.15, 0.2) is 0 Å². The van der Waals surface area contributed by atoms with Crippen molar-refractivity contribution in [2.75, 3.05) is 25.5 Å². The molecule has 0 radical (unpaired) electrons.